The summed E-state index contributed by atoms with van der Waals surface area (Å²) >= 11 is 25.0. The maximum atomic E-state index is 6.30. The van der Waals surface area contributed by atoms with Crippen LogP contribution in [-0.4, -0.2) is 9.71 Å². The third kappa shape index (κ3) is 5.49. The van der Waals surface area contributed by atoms with Crippen LogP contribution in [-0.2, 0) is 0 Å². The number of halogens is 4. The van der Waals surface area contributed by atoms with Crippen LogP contribution in [0, 0.1) is 0 Å². The van der Waals surface area contributed by atoms with Crippen molar-refractivity contribution in [1.82, 2.24) is 0 Å². The highest BCUT2D eigenvalue weighted by atomic mass is 35.5. The molecule has 0 saturated heterocycles. The van der Waals surface area contributed by atoms with Gasteiger partial charge in [-0.2, -0.15) is 0 Å². The monoisotopic (exact) mass is 330 g/mol. The minimum absolute atomic E-state index is 0.299. The van der Waals surface area contributed by atoms with E-state index in [0.29, 0.717) is 5.03 Å². The van der Waals surface area contributed by atoms with Crippen molar-refractivity contribution in [2.45, 2.75) is 74.4 Å². The minimum atomic E-state index is -1.10. The van der Waals surface area contributed by atoms with E-state index >= 15 is 0 Å². The molecular formula is C14H22Cl4. The number of allylic oxidation sites excluding steroid dienone is 2. The van der Waals surface area contributed by atoms with Crippen molar-refractivity contribution in [3.05, 3.63) is 10.6 Å². The van der Waals surface area contributed by atoms with Gasteiger partial charge < -0.3 is 0 Å². The molecule has 18 heavy (non-hydrogen) atoms. The van der Waals surface area contributed by atoms with Gasteiger partial charge in [0.15, 0.2) is 4.33 Å². The predicted molar refractivity (Wildman–Crippen MR) is 84.2 cm³/mol. The Morgan fingerprint density at radius 2 is 1.67 bits per heavy atom. The zero-order valence-corrected chi connectivity index (χ0v) is 14.0. The molecule has 0 aromatic rings. The Kier molecular flexibility index (Phi) is 7.77. The fourth-order valence-electron chi connectivity index (χ4n) is 1.94. The van der Waals surface area contributed by atoms with Gasteiger partial charge in [0.1, 0.15) is 0 Å². The summed E-state index contributed by atoms with van der Waals surface area (Å²) in [5.41, 5.74) is 1.16. The molecule has 0 spiro atoms. The van der Waals surface area contributed by atoms with Gasteiger partial charge in [-0.25, -0.2) is 0 Å². The molecule has 1 rings (SSSR count). The van der Waals surface area contributed by atoms with Gasteiger partial charge >= 0.3 is 0 Å². The number of unbranched alkanes of at least 4 members (excludes halogenated alkanes) is 5. The molecule has 106 valence electrons. The molecule has 1 unspecified atom stereocenters. The lowest BCUT2D eigenvalue weighted by Crippen LogP contribution is -2.27. The van der Waals surface area contributed by atoms with Crippen LogP contribution in [0.5, 0.6) is 0 Å². The molecule has 0 heterocycles. The quantitative estimate of drug-likeness (QED) is 0.321. The Bertz CT molecular complexity index is 278. The molecular weight excluding hydrogens is 310 g/mol. The number of rotatable bonds is 9. The summed E-state index contributed by atoms with van der Waals surface area (Å²) in [6, 6.07) is 0. The first kappa shape index (κ1) is 17.0. The van der Waals surface area contributed by atoms with E-state index < -0.39 is 4.33 Å². The summed E-state index contributed by atoms with van der Waals surface area (Å²) < 4.78 is -1.10. The van der Waals surface area contributed by atoms with Crippen LogP contribution >= 0.6 is 46.4 Å². The Morgan fingerprint density at radius 1 is 1.11 bits per heavy atom. The standard InChI is InChI=1S/C14H22Cl4/c1-2-3-4-5-6-7-8-12(15)14(17,18)13(16)11-9-10-11/h12H,2-10H2,1H3. The average molecular weight is 332 g/mol. The van der Waals surface area contributed by atoms with Crippen LogP contribution < -0.4 is 0 Å². The normalized spacial score (nSPS) is 16.8. The zero-order valence-electron chi connectivity index (χ0n) is 11.0. The van der Waals surface area contributed by atoms with E-state index in [0.717, 1.165) is 31.3 Å². The van der Waals surface area contributed by atoms with Gasteiger partial charge in [0.25, 0.3) is 0 Å². The smallest absolute Gasteiger partial charge is 0.119 e. The van der Waals surface area contributed by atoms with E-state index in [9.17, 15) is 0 Å². The summed E-state index contributed by atoms with van der Waals surface area (Å²) in [6.07, 6.45) is 10.3. The van der Waals surface area contributed by atoms with E-state index in [4.69, 9.17) is 46.4 Å². The van der Waals surface area contributed by atoms with E-state index in [1.165, 1.54) is 32.1 Å². The molecule has 0 radical (unpaired) electrons. The third-order valence-electron chi connectivity index (χ3n) is 3.31. The molecule has 1 saturated carbocycles. The van der Waals surface area contributed by atoms with Gasteiger partial charge in [0, 0.05) is 0 Å². The van der Waals surface area contributed by atoms with E-state index in [-0.39, 0.29) is 5.38 Å². The highest BCUT2D eigenvalue weighted by Crippen LogP contribution is 2.47. The molecule has 4 heteroatoms. The highest BCUT2D eigenvalue weighted by molar-refractivity contribution is 6.59. The van der Waals surface area contributed by atoms with Crippen LogP contribution in [0.3, 0.4) is 0 Å². The summed E-state index contributed by atoms with van der Waals surface area (Å²) in [7, 11) is 0. The maximum Gasteiger partial charge on any atom is 0.169 e. The second-order valence-corrected chi connectivity index (χ2v) is 7.36. The van der Waals surface area contributed by atoms with Crippen molar-refractivity contribution in [3.8, 4) is 0 Å². The van der Waals surface area contributed by atoms with Crippen molar-refractivity contribution in [2.24, 2.45) is 0 Å². The number of hydrogen-bond donors (Lipinski definition) is 0. The maximum absolute atomic E-state index is 6.30. The summed E-state index contributed by atoms with van der Waals surface area (Å²) in [5.74, 6) is 0. The van der Waals surface area contributed by atoms with E-state index in [1.807, 2.05) is 0 Å². The van der Waals surface area contributed by atoms with Gasteiger partial charge in [-0.1, -0.05) is 85.8 Å². The molecule has 1 atom stereocenters. The molecule has 1 fully saturated rings. The molecule has 0 aromatic heterocycles. The first-order valence-electron chi connectivity index (χ1n) is 6.90. The van der Waals surface area contributed by atoms with Crippen molar-refractivity contribution in [1.29, 1.82) is 0 Å². The van der Waals surface area contributed by atoms with E-state index in [2.05, 4.69) is 6.92 Å². The predicted octanol–water partition coefficient (Wildman–Crippen LogP) is 6.81. The average Bonchev–Trinajstić information content (AvgIpc) is 3.16. The molecule has 0 nitrogen and oxygen atoms in total. The molecule has 0 aromatic carbocycles. The van der Waals surface area contributed by atoms with Crippen LogP contribution in [0.15, 0.2) is 10.6 Å². The van der Waals surface area contributed by atoms with Crippen LogP contribution in [0.25, 0.3) is 0 Å². The zero-order chi connectivity index (χ0) is 13.6. The first-order valence-corrected chi connectivity index (χ1v) is 8.47. The Labute approximate surface area is 131 Å². The molecule has 0 amide bonds. The second-order valence-electron chi connectivity index (χ2n) is 5.06. The summed E-state index contributed by atoms with van der Waals surface area (Å²) in [6.45, 7) is 2.22. The van der Waals surface area contributed by atoms with Crippen LogP contribution in [0.1, 0.15) is 64.7 Å². The minimum Gasteiger partial charge on any atom is -0.119 e. The lowest BCUT2D eigenvalue weighted by Gasteiger charge is -2.24. The lowest BCUT2D eigenvalue weighted by molar-refractivity contribution is 0.574. The summed E-state index contributed by atoms with van der Waals surface area (Å²) in [5, 5.41) is 0.268. The SMILES string of the molecule is CCCCCCCCC(Cl)C(Cl)(Cl)C(Cl)=C1CC1. The summed E-state index contributed by atoms with van der Waals surface area (Å²) in [4.78, 5) is 0. The molecule has 0 bridgehead atoms. The number of hydrogen-bond acceptors (Lipinski definition) is 0. The Balaban J connectivity index is 2.23. The van der Waals surface area contributed by atoms with Crippen molar-refractivity contribution in [2.75, 3.05) is 0 Å². The van der Waals surface area contributed by atoms with Gasteiger partial charge in [-0.3, -0.25) is 0 Å². The van der Waals surface area contributed by atoms with Crippen LogP contribution in [0.2, 0.25) is 0 Å². The van der Waals surface area contributed by atoms with Crippen LogP contribution in [0.4, 0.5) is 0 Å². The van der Waals surface area contributed by atoms with Gasteiger partial charge in [-0.15, -0.1) is 11.6 Å². The topological polar surface area (TPSA) is 0 Å². The van der Waals surface area contributed by atoms with Crippen molar-refractivity contribution >= 4 is 46.4 Å². The molecule has 0 aliphatic heterocycles. The fourth-order valence-corrected chi connectivity index (χ4v) is 3.07. The molecule has 1 aliphatic carbocycles. The Hall–Kier alpha value is 0.900. The highest BCUT2D eigenvalue weighted by Gasteiger charge is 2.39. The number of alkyl halides is 3. The molecule has 1 aliphatic rings. The van der Waals surface area contributed by atoms with Crippen molar-refractivity contribution in [3.63, 3.8) is 0 Å². The largest absolute Gasteiger partial charge is 0.169 e. The third-order valence-corrected chi connectivity index (χ3v) is 5.74. The molecule has 0 N–H and O–H groups in total. The fraction of sp³-hybridized carbons (Fsp3) is 0.857. The second kappa shape index (κ2) is 8.25. The first-order chi connectivity index (χ1) is 8.50. The Morgan fingerprint density at radius 3 is 2.22 bits per heavy atom. The van der Waals surface area contributed by atoms with Gasteiger partial charge in [-0.05, 0) is 19.3 Å². The van der Waals surface area contributed by atoms with Gasteiger partial charge in [0.05, 0.1) is 10.4 Å². The van der Waals surface area contributed by atoms with Crippen molar-refractivity contribution < 1.29 is 0 Å². The lowest BCUT2D eigenvalue weighted by atomic mass is 10.1. The van der Waals surface area contributed by atoms with E-state index in [1.54, 1.807) is 0 Å². The van der Waals surface area contributed by atoms with Gasteiger partial charge in [0.2, 0.25) is 0 Å².